The highest BCUT2D eigenvalue weighted by atomic mass is 16.5. The lowest BCUT2D eigenvalue weighted by Gasteiger charge is -1.98. The molecule has 2 rings (SSSR count). The number of hydrogen-bond acceptors (Lipinski definition) is 2. The summed E-state index contributed by atoms with van der Waals surface area (Å²) in [5.74, 6) is 0.582. The average Bonchev–Trinajstić information content (AvgIpc) is 2.82. The summed E-state index contributed by atoms with van der Waals surface area (Å²) >= 11 is 0. The highest BCUT2D eigenvalue weighted by Crippen LogP contribution is 2.32. The molecule has 1 aromatic rings. The maximum absolute atomic E-state index is 11.3. The molecule has 0 saturated heterocycles. The fraction of sp³-hybridized carbons (Fsp3) is 0.545. The van der Waals surface area contributed by atoms with Crippen molar-refractivity contribution in [2.24, 2.45) is 5.92 Å². The Balaban J connectivity index is 1.97. The molecule has 0 spiro atoms. The molecule has 1 aliphatic rings. The second-order valence-electron chi connectivity index (χ2n) is 3.77. The normalized spacial score (nSPS) is 15.5. The average molecular weight is 193 g/mol. The number of carbonyl (C=O) groups excluding carboxylic acids is 1. The van der Waals surface area contributed by atoms with Gasteiger partial charge in [-0.25, -0.2) is 4.79 Å². The van der Waals surface area contributed by atoms with E-state index in [-0.39, 0.29) is 5.97 Å². The molecule has 1 saturated carbocycles. The standard InChI is InChI=1S/C11H15NO2/c1-2-14-11(13)10-6-5-9(12-10)7-8-3-4-8/h5-6,8,12H,2-4,7H2,1H3. The van der Waals surface area contributed by atoms with E-state index in [2.05, 4.69) is 4.98 Å². The number of carbonyl (C=O) groups is 1. The van der Waals surface area contributed by atoms with Gasteiger partial charge in [0.25, 0.3) is 0 Å². The van der Waals surface area contributed by atoms with Crippen LogP contribution in [0.1, 0.15) is 35.9 Å². The van der Waals surface area contributed by atoms with Gasteiger partial charge in [-0.3, -0.25) is 0 Å². The molecular weight excluding hydrogens is 178 g/mol. The number of aromatic nitrogens is 1. The first kappa shape index (κ1) is 9.31. The smallest absolute Gasteiger partial charge is 0.354 e. The van der Waals surface area contributed by atoms with Crippen molar-refractivity contribution in [3.05, 3.63) is 23.5 Å². The van der Waals surface area contributed by atoms with Crippen molar-refractivity contribution in [3.63, 3.8) is 0 Å². The predicted molar refractivity (Wildman–Crippen MR) is 53.2 cm³/mol. The number of ether oxygens (including phenoxy) is 1. The van der Waals surface area contributed by atoms with Gasteiger partial charge in [-0.05, 0) is 44.2 Å². The van der Waals surface area contributed by atoms with Crippen LogP contribution < -0.4 is 0 Å². The van der Waals surface area contributed by atoms with E-state index >= 15 is 0 Å². The number of nitrogens with one attached hydrogen (secondary N) is 1. The maximum atomic E-state index is 11.3. The lowest BCUT2D eigenvalue weighted by molar-refractivity contribution is 0.0520. The number of esters is 1. The molecule has 1 fully saturated rings. The van der Waals surface area contributed by atoms with E-state index in [4.69, 9.17) is 4.74 Å². The lowest BCUT2D eigenvalue weighted by Crippen LogP contribution is -2.05. The summed E-state index contributed by atoms with van der Waals surface area (Å²) < 4.78 is 4.89. The van der Waals surface area contributed by atoms with Crippen LogP contribution in [0.25, 0.3) is 0 Å². The Labute approximate surface area is 83.5 Å². The van der Waals surface area contributed by atoms with Gasteiger partial charge in [0, 0.05) is 5.69 Å². The van der Waals surface area contributed by atoms with Gasteiger partial charge >= 0.3 is 5.97 Å². The quantitative estimate of drug-likeness (QED) is 0.744. The highest BCUT2D eigenvalue weighted by molar-refractivity contribution is 5.87. The summed E-state index contributed by atoms with van der Waals surface area (Å²) in [6.45, 7) is 2.24. The highest BCUT2D eigenvalue weighted by Gasteiger charge is 2.22. The van der Waals surface area contributed by atoms with Gasteiger partial charge < -0.3 is 9.72 Å². The van der Waals surface area contributed by atoms with Gasteiger partial charge in [0.2, 0.25) is 0 Å². The Morgan fingerprint density at radius 1 is 1.57 bits per heavy atom. The molecule has 3 nitrogen and oxygen atoms in total. The molecule has 1 aliphatic carbocycles. The number of hydrogen-bond donors (Lipinski definition) is 1. The van der Waals surface area contributed by atoms with Crippen LogP contribution in [0.4, 0.5) is 0 Å². The first-order valence-corrected chi connectivity index (χ1v) is 5.14. The second kappa shape index (κ2) is 3.86. The van der Waals surface area contributed by atoms with Crippen molar-refractivity contribution in [2.75, 3.05) is 6.61 Å². The zero-order valence-corrected chi connectivity index (χ0v) is 8.38. The molecule has 0 atom stereocenters. The molecule has 1 N–H and O–H groups in total. The SMILES string of the molecule is CCOC(=O)c1ccc(CC2CC2)[nH]1. The summed E-state index contributed by atoms with van der Waals surface area (Å²) in [6.07, 6.45) is 3.72. The molecule has 14 heavy (non-hydrogen) atoms. The molecule has 1 aromatic heterocycles. The third kappa shape index (κ3) is 2.16. The Kier molecular flexibility index (Phi) is 2.57. The van der Waals surface area contributed by atoms with E-state index in [9.17, 15) is 4.79 Å². The van der Waals surface area contributed by atoms with Crippen LogP contribution in [0.15, 0.2) is 12.1 Å². The third-order valence-corrected chi connectivity index (χ3v) is 2.45. The topological polar surface area (TPSA) is 42.1 Å². The molecule has 0 unspecified atom stereocenters. The van der Waals surface area contributed by atoms with Crippen LogP contribution in [-0.4, -0.2) is 17.6 Å². The minimum atomic E-state index is -0.255. The van der Waals surface area contributed by atoms with Crippen LogP contribution in [-0.2, 0) is 11.2 Å². The molecule has 0 aromatic carbocycles. The summed E-state index contributed by atoms with van der Waals surface area (Å²) in [6, 6.07) is 3.78. The van der Waals surface area contributed by atoms with Crippen LogP contribution in [0.5, 0.6) is 0 Å². The van der Waals surface area contributed by atoms with Crippen molar-refractivity contribution in [3.8, 4) is 0 Å². The zero-order chi connectivity index (χ0) is 9.97. The van der Waals surface area contributed by atoms with Crippen LogP contribution in [0.2, 0.25) is 0 Å². The van der Waals surface area contributed by atoms with Crippen molar-refractivity contribution in [1.82, 2.24) is 4.98 Å². The Hall–Kier alpha value is -1.25. The van der Waals surface area contributed by atoms with Gasteiger partial charge in [-0.2, -0.15) is 0 Å². The van der Waals surface area contributed by atoms with Gasteiger partial charge in [-0.15, -0.1) is 0 Å². The van der Waals surface area contributed by atoms with Crippen LogP contribution >= 0.6 is 0 Å². The summed E-state index contributed by atoms with van der Waals surface area (Å²) in [4.78, 5) is 14.4. The van der Waals surface area contributed by atoms with E-state index in [1.807, 2.05) is 13.0 Å². The van der Waals surface area contributed by atoms with Crippen LogP contribution in [0.3, 0.4) is 0 Å². The first-order chi connectivity index (χ1) is 6.79. The fourth-order valence-electron chi connectivity index (χ4n) is 1.52. The first-order valence-electron chi connectivity index (χ1n) is 5.14. The van der Waals surface area contributed by atoms with E-state index in [1.54, 1.807) is 6.07 Å². The summed E-state index contributed by atoms with van der Waals surface area (Å²) in [5, 5.41) is 0. The Morgan fingerprint density at radius 2 is 2.36 bits per heavy atom. The van der Waals surface area contributed by atoms with E-state index < -0.39 is 0 Å². The monoisotopic (exact) mass is 193 g/mol. The number of H-pyrrole nitrogens is 1. The summed E-state index contributed by atoms with van der Waals surface area (Å²) in [7, 11) is 0. The van der Waals surface area contributed by atoms with E-state index in [1.165, 1.54) is 12.8 Å². The second-order valence-corrected chi connectivity index (χ2v) is 3.77. The van der Waals surface area contributed by atoms with Crippen molar-refractivity contribution >= 4 is 5.97 Å². The fourth-order valence-corrected chi connectivity index (χ4v) is 1.52. The van der Waals surface area contributed by atoms with Crippen molar-refractivity contribution in [2.45, 2.75) is 26.2 Å². The number of aromatic amines is 1. The van der Waals surface area contributed by atoms with E-state index in [0.717, 1.165) is 18.0 Å². The van der Waals surface area contributed by atoms with Gasteiger partial charge in [0.1, 0.15) is 5.69 Å². The maximum Gasteiger partial charge on any atom is 0.354 e. The van der Waals surface area contributed by atoms with Gasteiger partial charge in [-0.1, -0.05) is 0 Å². The third-order valence-electron chi connectivity index (χ3n) is 2.45. The molecule has 0 amide bonds. The molecule has 0 radical (unpaired) electrons. The summed E-state index contributed by atoms with van der Waals surface area (Å²) in [5.41, 5.74) is 1.72. The lowest BCUT2D eigenvalue weighted by atomic mass is 10.2. The Morgan fingerprint density at radius 3 is 3.00 bits per heavy atom. The number of rotatable bonds is 4. The molecule has 1 heterocycles. The molecule has 76 valence electrons. The molecular formula is C11H15NO2. The molecule has 0 aliphatic heterocycles. The van der Waals surface area contributed by atoms with Gasteiger partial charge in [0.15, 0.2) is 0 Å². The minimum absolute atomic E-state index is 0.255. The largest absolute Gasteiger partial charge is 0.461 e. The predicted octanol–water partition coefficient (Wildman–Crippen LogP) is 2.14. The molecule has 0 bridgehead atoms. The minimum Gasteiger partial charge on any atom is -0.461 e. The van der Waals surface area contributed by atoms with E-state index in [0.29, 0.717) is 12.3 Å². The van der Waals surface area contributed by atoms with Gasteiger partial charge in [0.05, 0.1) is 6.61 Å². The molecule has 3 heteroatoms. The van der Waals surface area contributed by atoms with Crippen molar-refractivity contribution in [1.29, 1.82) is 0 Å². The Bertz CT molecular complexity index is 326. The zero-order valence-electron chi connectivity index (χ0n) is 8.38. The van der Waals surface area contributed by atoms with Crippen molar-refractivity contribution < 1.29 is 9.53 Å². The van der Waals surface area contributed by atoms with Crippen LogP contribution in [0, 0.1) is 5.92 Å².